The van der Waals surface area contributed by atoms with Gasteiger partial charge in [-0.15, -0.1) is 0 Å². The van der Waals surface area contributed by atoms with Gasteiger partial charge in [-0.3, -0.25) is 0 Å². The first-order chi connectivity index (χ1) is 29.2. The molecule has 0 radical (unpaired) electrons. The molecule has 0 aliphatic heterocycles. The number of hydrogen-bond donors (Lipinski definition) is 0. The second-order valence-electron chi connectivity index (χ2n) is 19.6. The average Bonchev–Trinajstić information content (AvgIpc) is 3.83. The van der Waals surface area contributed by atoms with E-state index in [1.54, 1.807) is 0 Å². The second-order valence-corrected chi connectivity index (χ2v) is 56.6. The standard InChI is InChI=1S/C24H21.C21H25.C12H11Si.2ClH.Zr/c1-2-7-18-16-22-10-6-11-23(24(22)17-18)21-14-12-20(13-15-21)19-8-4-3-5-9-19;1-20(2,3)16-7-9-18-14(12-16)11-15-13-17(21(4,5)6)8-10-19(15)18;1-3-7-11(8-4-1)13-12-9-5-2-6-10-12;;;/h3-6,8-17H,2,7H2,1H3;7-10,12H,11H2,1-6H3;1-10,13H;2*1H;/q;;;;;+2/p-2. The van der Waals surface area contributed by atoms with E-state index in [4.69, 9.17) is 0 Å². The fourth-order valence-corrected chi connectivity index (χ4v) is 58.8. The summed E-state index contributed by atoms with van der Waals surface area (Å²) in [6.45, 7) is 16.4. The van der Waals surface area contributed by atoms with Crippen LogP contribution in [0, 0.1) is 0 Å². The van der Waals surface area contributed by atoms with E-state index in [1.807, 2.05) is 0 Å². The maximum atomic E-state index is 9.54. The fraction of sp³-hybridized carbons (Fsp3) is 0.228. The SMILES string of the molecule is CCCC1=Cc2c(-c3ccc(-c4ccccc4)cc3)cccc2[CH]1[Zr]([Cl])([Cl])([c]1c(C(C)(C)C)ccc2c1Cc1cc(C(C)(C)C)ccc1-2)[SiH](c1ccccc1)c1ccccc1. The molecule has 7 aromatic carbocycles. The Hall–Kier alpha value is -4.04. The Morgan fingerprint density at radius 2 is 1.15 bits per heavy atom. The van der Waals surface area contributed by atoms with Crippen LogP contribution in [0.1, 0.15) is 98.3 Å². The molecule has 0 amide bonds. The van der Waals surface area contributed by atoms with Crippen molar-refractivity contribution in [2.75, 3.05) is 0 Å². The molecule has 7 aromatic rings. The molecule has 1 atom stereocenters. The third-order valence-corrected chi connectivity index (χ3v) is 53.7. The Morgan fingerprint density at radius 1 is 0.574 bits per heavy atom. The molecule has 2 aliphatic carbocycles. The molecule has 0 saturated carbocycles. The molecule has 61 heavy (non-hydrogen) atoms. The molecule has 0 N–H and O–H groups in total. The van der Waals surface area contributed by atoms with Crippen LogP contribution in [0.2, 0.25) is 0 Å². The first-order valence-corrected chi connectivity index (χ1v) is 37.1. The van der Waals surface area contributed by atoms with Crippen molar-refractivity contribution in [3.63, 3.8) is 0 Å². The van der Waals surface area contributed by atoms with Gasteiger partial charge >= 0.3 is 377 Å². The summed E-state index contributed by atoms with van der Waals surface area (Å²) in [7, 11) is 19.1. The number of halogens is 2. The molecular weight excluding hydrogens is 875 g/mol. The van der Waals surface area contributed by atoms with Crippen LogP contribution >= 0.6 is 17.0 Å². The summed E-state index contributed by atoms with van der Waals surface area (Å²) in [5.74, 6) is -2.50. The monoisotopic (exact) mass is 929 g/mol. The zero-order valence-electron chi connectivity index (χ0n) is 36.7. The van der Waals surface area contributed by atoms with Crippen LogP contribution in [0.5, 0.6) is 0 Å². The van der Waals surface area contributed by atoms with Gasteiger partial charge in [0.2, 0.25) is 0 Å². The van der Waals surface area contributed by atoms with Crippen LogP contribution < -0.4 is 13.6 Å². The molecule has 0 saturated heterocycles. The molecule has 2 aliphatic rings. The van der Waals surface area contributed by atoms with Gasteiger partial charge in [0.25, 0.3) is 0 Å². The van der Waals surface area contributed by atoms with Gasteiger partial charge in [-0.25, -0.2) is 0 Å². The summed E-state index contributed by atoms with van der Waals surface area (Å²) < 4.78 is 1.21. The van der Waals surface area contributed by atoms with Gasteiger partial charge in [0.15, 0.2) is 0 Å². The number of hydrogen-bond acceptors (Lipinski definition) is 0. The van der Waals surface area contributed by atoms with Gasteiger partial charge in [-0.2, -0.15) is 0 Å². The van der Waals surface area contributed by atoms with Gasteiger partial charge in [-0.05, 0) is 0 Å². The Balaban J connectivity index is 1.37. The Labute approximate surface area is 373 Å². The third kappa shape index (κ3) is 7.34. The van der Waals surface area contributed by atoms with Gasteiger partial charge in [0.05, 0.1) is 0 Å². The van der Waals surface area contributed by atoms with Crippen LogP contribution in [0.15, 0.2) is 169 Å². The Bertz CT molecular complexity index is 2740. The molecule has 4 heteroatoms. The molecule has 0 bridgehead atoms. The minimum atomic E-state index is -5.73. The molecular formula is C57H57Cl2SiZr. The summed E-state index contributed by atoms with van der Waals surface area (Å²) in [5, 5.41) is 2.65. The van der Waals surface area contributed by atoms with Crippen LogP contribution in [0.3, 0.4) is 0 Å². The van der Waals surface area contributed by atoms with Gasteiger partial charge in [-0.1, -0.05) is 0 Å². The van der Waals surface area contributed by atoms with E-state index in [0.29, 0.717) is 0 Å². The zero-order chi connectivity index (χ0) is 42.8. The number of benzene rings is 7. The summed E-state index contributed by atoms with van der Waals surface area (Å²) >= 11 is -5.73. The quantitative estimate of drug-likeness (QED) is 0.127. The molecule has 0 nitrogen and oxygen atoms in total. The third-order valence-electron chi connectivity index (χ3n) is 13.5. The van der Waals surface area contributed by atoms with Crippen LogP contribution in [-0.4, -0.2) is 5.92 Å². The molecule has 9 rings (SSSR count). The van der Waals surface area contributed by atoms with Gasteiger partial charge in [0, 0.05) is 0 Å². The normalized spacial score (nSPS) is 15.5. The maximum absolute atomic E-state index is 9.54. The van der Waals surface area contributed by atoms with Crippen molar-refractivity contribution in [3.05, 3.63) is 203 Å². The van der Waals surface area contributed by atoms with Crippen LogP contribution in [0.25, 0.3) is 39.5 Å². The Morgan fingerprint density at radius 3 is 1.74 bits per heavy atom. The number of rotatable bonds is 9. The van der Waals surface area contributed by atoms with Crippen molar-refractivity contribution in [1.29, 1.82) is 0 Å². The van der Waals surface area contributed by atoms with E-state index in [-0.39, 0.29) is 14.5 Å². The van der Waals surface area contributed by atoms with E-state index in [1.165, 1.54) is 86.0 Å². The molecule has 0 heterocycles. The summed E-state index contributed by atoms with van der Waals surface area (Å²) in [4.78, 5) is 0. The summed E-state index contributed by atoms with van der Waals surface area (Å²) in [5.41, 5.74) is 16.8. The average molecular weight is 932 g/mol. The molecule has 0 aromatic heterocycles. The van der Waals surface area contributed by atoms with Gasteiger partial charge in [0.1, 0.15) is 0 Å². The summed E-state index contributed by atoms with van der Waals surface area (Å²) in [6, 6.07) is 61.2. The Kier molecular flexibility index (Phi) is 11.0. The molecule has 0 spiro atoms. The topological polar surface area (TPSA) is 0 Å². The van der Waals surface area contributed by atoms with E-state index in [0.717, 1.165) is 19.3 Å². The molecule has 1 unspecified atom stereocenters. The molecule has 307 valence electrons. The van der Waals surface area contributed by atoms with Crippen molar-refractivity contribution < 1.29 is 15.6 Å². The predicted molar refractivity (Wildman–Crippen MR) is 266 cm³/mol. The first kappa shape index (κ1) is 42.3. The van der Waals surface area contributed by atoms with Crippen molar-refractivity contribution in [3.8, 4) is 33.4 Å². The van der Waals surface area contributed by atoms with E-state index in [9.17, 15) is 17.0 Å². The summed E-state index contributed by atoms with van der Waals surface area (Å²) in [6.07, 6.45) is 5.31. The van der Waals surface area contributed by atoms with E-state index >= 15 is 0 Å². The number of allylic oxidation sites excluding steroid dienone is 1. The van der Waals surface area contributed by atoms with Gasteiger partial charge < -0.3 is 0 Å². The zero-order valence-corrected chi connectivity index (χ0v) is 41.8. The van der Waals surface area contributed by atoms with E-state index in [2.05, 4.69) is 218 Å². The van der Waals surface area contributed by atoms with Crippen LogP contribution in [-0.2, 0) is 32.8 Å². The second kappa shape index (κ2) is 15.9. The van der Waals surface area contributed by atoms with Crippen molar-refractivity contribution in [2.45, 2.75) is 82.2 Å². The molecule has 0 fully saturated rings. The first-order valence-electron chi connectivity index (χ1n) is 22.2. The van der Waals surface area contributed by atoms with E-state index < -0.39 is 21.5 Å². The fourth-order valence-electron chi connectivity index (χ4n) is 10.8. The van der Waals surface area contributed by atoms with Crippen molar-refractivity contribution in [1.82, 2.24) is 0 Å². The minimum absolute atomic E-state index is 0.0397. The van der Waals surface area contributed by atoms with Crippen molar-refractivity contribution >= 4 is 42.7 Å². The number of fused-ring (bicyclic) bond motifs is 4. The van der Waals surface area contributed by atoms with Crippen LogP contribution in [0.4, 0.5) is 0 Å². The van der Waals surface area contributed by atoms with Crippen molar-refractivity contribution in [2.24, 2.45) is 0 Å². The predicted octanol–water partition coefficient (Wildman–Crippen LogP) is 14.3.